The molecule has 4 N–H and O–H groups in total. The summed E-state index contributed by atoms with van der Waals surface area (Å²) >= 11 is 0. The number of anilines is 2. The van der Waals surface area contributed by atoms with Crippen LogP contribution in [0.25, 0.3) is 10.9 Å². The highest BCUT2D eigenvalue weighted by Gasteiger charge is 2.07. The highest BCUT2D eigenvalue weighted by molar-refractivity contribution is 5.89. The number of nitrogen functional groups attached to an aromatic ring is 1. The summed E-state index contributed by atoms with van der Waals surface area (Å²) in [4.78, 5) is 8.59. The quantitative estimate of drug-likeness (QED) is 0.546. The number of ether oxygens (including phenoxy) is 1. The van der Waals surface area contributed by atoms with Gasteiger partial charge in [0.25, 0.3) is 0 Å². The summed E-state index contributed by atoms with van der Waals surface area (Å²) < 4.78 is 5.19. The summed E-state index contributed by atoms with van der Waals surface area (Å²) in [5.41, 5.74) is 3.31. The van der Waals surface area contributed by atoms with E-state index in [4.69, 9.17) is 10.6 Å². The van der Waals surface area contributed by atoms with Crippen LogP contribution in [0.4, 0.5) is 11.8 Å². The first-order valence-corrected chi connectivity index (χ1v) is 5.74. The van der Waals surface area contributed by atoms with E-state index in [9.17, 15) is 0 Å². The zero-order valence-corrected chi connectivity index (χ0v) is 10.5. The molecule has 0 saturated heterocycles. The second kappa shape index (κ2) is 5.61. The average molecular weight is 247 g/mol. The zero-order valence-electron chi connectivity index (χ0n) is 10.5. The highest BCUT2D eigenvalue weighted by atomic mass is 16.5. The number of aromatic nitrogens is 2. The molecular formula is C12H17N5O. The molecule has 0 radical (unpaired) electrons. The third-order valence-electron chi connectivity index (χ3n) is 2.69. The minimum atomic E-state index is 0.105. The van der Waals surface area contributed by atoms with Gasteiger partial charge in [-0.15, -0.1) is 0 Å². The first kappa shape index (κ1) is 12.5. The van der Waals surface area contributed by atoms with Crippen molar-refractivity contribution in [1.82, 2.24) is 9.97 Å². The lowest BCUT2D eigenvalue weighted by molar-refractivity contribution is 0.128. The van der Waals surface area contributed by atoms with Crippen LogP contribution < -0.4 is 16.6 Å². The Morgan fingerprint density at radius 1 is 1.33 bits per heavy atom. The Hall–Kier alpha value is -1.92. The molecule has 18 heavy (non-hydrogen) atoms. The number of fused-ring (bicyclic) bond motifs is 1. The lowest BCUT2D eigenvalue weighted by Gasteiger charge is -2.13. The third-order valence-corrected chi connectivity index (χ3v) is 2.69. The molecule has 0 aliphatic heterocycles. The molecular weight excluding hydrogens is 230 g/mol. The maximum atomic E-state index is 5.36. The van der Waals surface area contributed by atoms with Crippen molar-refractivity contribution in [2.45, 2.75) is 13.0 Å². The molecule has 1 heterocycles. The number of para-hydroxylation sites is 1. The van der Waals surface area contributed by atoms with Gasteiger partial charge in [-0.1, -0.05) is 12.1 Å². The maximum absolute atomic E-state index is 5.36. The van der Waals surface area contributed by atoms with Crippen LogP contribution >= 0.6 is 0 Å². The minimum Gasteiger partial charge on any atom is -0.380 e. The van der Waals surface area contributed by atoms with Gasteiger partial charge < -0.3 is 10.1 Å². The van der Waals surface area contributed by atoms with Gasteiger partial charge in [0, 0.05) is 19.0 Å². The van der Waals surface area contributed by atoms with Gasteiger partial charge in [-0.05, 0) is 19.1 Å². The largest absolute Gasteiger partial charge is 0.380 e. The van der Waals surface area contributed by atoms with Crippen molar-refractivity contribution >= 4 is 22.7 Å². The summed E-state index contributed by atoms with van der Waals surface area (Å²) in [6.45, 7) is 2.65. The number of nitrogens with two attached hydrogens (primary N) is 1. The molecule has 0 aliphatic rings. The summed E-state index contributed by atoms with van der Waals surface area (Å²) in [5.74, 6) is 6.50. The highest BCUT2D eigenvalue weighted by Crippen LogP contribution is 2.21. The van der Waals surface area contributed by atoms with Crippen molar-refractivity contribution in [3.05, 3.63) is 24.3 Å². The Balaban J connectivity index is 2.34. The molecule has 0 amide bonds. The van der Waals surface area contributed by atoms with Crippen molar-refractivity contribution in [2.24, 2.45) is 5.84 Å². The van der Waals surface area contributed by atoms with Crippen molar-refractivity contribution in [2.75, 3.05) is 24.4 Å². The van der Waals surface area contributed by atoms with E-state index in [1.165, 1.54) is 0 Å². The van der Waals surface area contributed by atoms with Gasteiger partial charge in [0.2, 0.25) is 5.95 Å². The van der Waals surface area contributed by atoms with Gasteiger partial charge in [0.1, 0.15) is 5.82 Å². The molecule has 6 heteroatoms. The molecule has 2 aromatic rings. The second-order valence-electron chi connectivity index (χ2n) is 3.98. The van der Waals surface area contributed by atoms with Crippen molar-refractivity contribution in [1.29, 1.82) is 0 Å². The van der Waals surface area contributed by atoms with Crippen molar-refractivity contribution in [3.63, 3.8) is 0 Å². The fourth-order valence-electron chi connectivity index (χ4n) is 1.60. The number of benzene rings is 1. The lowest BCUT2D eigenvalue weighted by Crippen LogP contribution is -2.19. The summed E-state index contributed by atoms with van der Waals surface area (Å²) in [6, 6.07) is 7.77. The molecule has 0 spiro atoms. The van der Waals surface area contributed by atoms with Crippen LogP contribution in [0, 0.1) is 0 Å². The number of rotatable bonds is 5. The molecule has 1 unspecified atom stereocenters. The van der Waals surface area contributed by atoms with E-state index in [1.807, 2.05) is 31.2 Å². The molecule has 0 aliphatic carbocycles. The standard InChI is InChI=1S/C12H17N5O/c1-8(18-2)7-14-11-9-5-3-4-6-10(9)15-12(16-11)17-13/h3-6,8H,7,13H2,1-2H3,(H2,14,15,16,17). The molecule has 2 rings (SSSR count). The van der Waals surface area contributed by atoms with Crippen LogP contribution in [0.2, 0.25) is 0 Å². The van der Waals surface area contributed by atoms with E-state index >= 15 is 0 Å². The first-order chi connectivity index (χ1) is 8.74. The van der Waals surface area contributed by atoms with E-state index in [2.05, 4.69) is 20.7 Å². The molecule has 96 valence electrons. The third kappa shape index (κ3) is 2.66. The lowest BCUT2D eigenvalue weighted by atomic mass is 10.2. The minimum absolute atomic E-state index is 0.105. The van der Waals surface area contributed by atoms with Crippen molar-refractivity contribution < 1.29 is 4.74 Å². The molecule has 1 aromatic carbocycles. The smallest absolute Gasteiger partial charge is 0.239 e. The Bertz CT molecular complexity index is 531. The van der Waals surface area contributed by atoms with E-state index in [-0.39, 0.29) is 6.10 Å². The SMILES string of the molecule is COC(C)CNc1nc(NN)nc2ccccc12. The predicted octanol–water partition coefficient (Wildman–Crippen LogP) is 1.36. The number of methoxy groups -OCH3 is 1. The van der Waals surface area contributed by atoms with E-state index in [1.54, 1.807) is 7.11 Å². The van der Waals surface area contributed by atoms with Gasteiger partial charge in [0.05, 0.1) is 11.6 Å². The molecule has 0 saturated carbocycles. The zero-order chi connectivity index (χ0) is 13.0. The number of hydrogen-bond donors (Lipinski definition) is 3. The predicted molar refractivity (Wildman–Crippen MR) is 72.3 cm³/mol. The Morgan fingerprint density at radius 2 is 2.11 bits per heavy atom. The van der Waals surface area contributed by atoms with Crippen LogP contribution in [-0.2, 0) is 4.74 Å². The van der Waals surface area contributed by atoms with Crippen LogP contribution in [0.5, 0.6) is 0 Å². The number of hydrazine groups is 1. The number of hydrogen-bond acceptors (Lipinski definition) is 6. The van der Waals surface area contributed by atoms with Crippen LogP contribution in [0.15, 0.2) is 24.3 Å². The Labute approximate surface area is 106 Å². The summed E-state index contributed by atoms with van der Waals surface area (Å²) in [7, 11) is 1.68. The fourth-order valence-corrected chi connectivity index (χ4v) is 1.60. The van der Waals surface area contributed by atoms with E-state index in [0.29, 0.717) is 12.5 Å². The van der Waals surface area contributed by atoms with Gasteiger partial charge >= 0.3 is 0 Å². The van der Waals surface area contributed by atoms with Crippen LogP contribution in [0.3, 0.4) is 0 Å². The molecule has 0 bridgehead atoms. The monoisotopic (exact) mass is 247 g/mol. The fraction of sp³-hybridized carbons (Fsp3) is 0.333. The van der Waals surface area contributed by atoms with Gasteiger partial charge in [0.15, 0.2) is 0 Å². The number of nitrogens with zero attached hydrogens (tertiary/aromatic N) is 2. The Morgan fingerprint density at radius 3 is 2.83 bits per heavy atom. The van der Waals surface area contributed by atoms with E-state index < -0.39 is 0 Å². The van der Waals surface area contributed by atoms with Gasteiger partial charge in [-0.25, -0.2) is 10.8 Å². The first-order valence-electron chi connectivity index (χ1n) is 5.74. The Kier molecular flexibility index (Phi) is 3.91. The summed E-state index contributed by atoms with van der Waals surface area (Å²) in [6.07, 6.45) is 0.105. The molecule has 1 atom stereocenters. The molecule has 0 fully saturated rings. The van der Waals surface area contributed by atoms with Crippen LogP contribution in [0.1, 0.15) is 6.92 Å². The average Bonchev–Trinajstić information content (AvgIpc) is 2.43. The summed E-state index contributed by atoms with van der Waals surface area (Å²) in [5, 5.41) is 4.20. The number of nitrogens with one attached hydrogen (secondary N) is 2. The maximum Gasteiger partial charge on any atom is 0.239 e. The van der Waals surface area contributed by atoms with Gasteiger partial charge in [-0.3, -0.25) is 5.43 Å². The van der Waals surface area contributed by atoms with E-state index in [0.717, 1.165) is 16.7 Å². The normalized spacial score (nSPS) is 12.4. The molecule has 1 aromatic heterocycles. The topological polar surface area (TPSA) is 85.1 Å². The van der Waals surface area contributed by atoms with Crippen molar-refractivity contribution in [3.8, 4) is 0 Å². The van der Waals surface area contributed by atoms with Gasteiger partial charge in [-0.2, -0.15) is 4.98 Å². The molecule has 6 nitrogen and oxygen atoms in total. The second-order valence-corrected chi connectivity index (χ2v) is 3.98. The van der Waals surface area contributed by atoms with Crippen LogP contribution in [-0.4, -0.2) is 29.7 Å².